The van der Waals surface area contributed by atoms with Crippen molar-refractivity contribution in [3.8, 4) is 0 Å². The summed E-state index contributed by atoms with van der Waals surface area (Å²) < 4.78 is 22.9. The number of amides is 1. The first-order chi connectivity index (χ1) is 9.21. The van der Waals surface area contributed by atoms with E-state index in [-0.39, 0.29) is 16.3 Å². The van der Waals surface area contributed by atoms with Gasteiger partial charge in [-0.05, 0) is 44.4 Å². The molecule has 1 saturated carbocycles. The van der Waals surface area contributed by atoms with E-state index in [9.17, 15) is 13.2 Å². The van der Waals surface area contributed by atoms with E-state index in [2.05, 4.69) is 5.32 Å². The van der Waals surface area contributed by atoms with Gasteiger partial charge in [-0.25, -0.2) is 8.42 Å². The van der Waals surface area contributed by atoms with E-state index in [4.69, 9.17) is 10.7 Å². The molecule has 0 heterocycles. The number of hydrogen-bond acceptors (Lipinski definition) is 3. The lowest BCUT2D eigenvalue weighted by molar-refractivity contribution is 0.0908. The van der Waals surface area contributed by atoms with Gasteiger partial charge in [0.1, 0.15) is 0 Å². The summed E-state index contributed by atoms with van der Waals surface area (Å²) in [4.78, 5) is 12.2. The first-order valence-electron chi connectivity index (χ1n) is 6.59. The molecule has 0 saturated heterocycles. The predicted molar refractivity (Wildman–Crippen MR) is 78.6 cm³/mol. The van der Waals surface area contributed by atoms with Gasteiger partial charge in [-0.15, -0.1) is 0 Å². The molecule has 110 valence electrons. The van der Waals surface area contributed by atoms with Gasteiger partial charge in [-0.2, -0.15) is 0 Å². The quantitative estimate of drug-likeness (QED) is 0.872. The Bertz CT molecular complexity index is 634. The van der Waals surface area contributed by atoms with Crippen molar-refractivity contribution in [3.05, 3.63) is 29.3 Å². The van der Waals surface area contributed by atoms with Gasteiger partial charge in [0.15, 0.2) is 0 Å². The lowest BCUT2D eigenvalue weighted by atomic mass is 10.00. The molecule has 6 heteroatoms. The smallest absolute Gasteiger partial charge is 0.261 e. The average molecular weight is 316 g/mol. The molecular weight excluding hydrogens is 298 g/mol. The van der Waals surface area contributed by atoms with Gasteiger partial charge in [0, 0.05) is 21.8 Å². The predicted octanol–water partition coefficient (Wildman–Crippen LogP) is 2.99. The molecule has 1 N–H and O–H groups in total. The summed E-state index contributed by atoms with van der Waals surface area (Å²) in [5.74, 6) is -0.254. The fourth-order valence-corrected chi connectivity index (χ4v) is 3.85. The van der Waals surface area contributed by atoms with Crippen LogP contribution < -0.4 is 5.32 Å². The monoisotopic (exact) mass is 315 g/mol. The molecule has 0 aromatic heterocycles. The molecule has 1 aliphatic rings. The van der Waals surface area contributed by atoms with Gasteiger partial charge in [0.25, 0.3) is 15.0 Å². The first kappa shape index (κ1) is 15.3. The zero-order valence-corrected chi connectivity index (χ0v) is 13.1. The van der Waals surface area contributed by atoms with Crippen LogP contribution >= 0.6 is 10.7 Å². The highest BCUT2D eigenvalue weighted by molar-refractivity contribution is 8.13. The molecule has 1 amide bonds. The molecule has 0 radical (unpaired) electrons. The van der Waals surface area contributed by atoms with Crippen LogP contribution in [0.4, 0.5) is 0 Å². The maximum atomic E-state index is 12.2. The van der Waals surface area contributed by atoms with Crippen molar-refractivity contribution in [2.24, 2.45) is 0 Å². The number of aryl methyl sites for hydroxylation is 1. The maximum Gasteiger partial charge on any atom is 0.261 e. The van der Waals surface area contributed by atoms with Crippen LogP contribution in [0.15, 0.2) is 23.1 Å². The Hall–Kier alpha value is -1.07. The number of halogens is 1. The van der Waals surface area contributed by atoms with Crippen molar-refractivity contribution in [2.45, 2.75) is 50.0 Å². The molecule has 0 unspecified atom stereocenters. The van der Waals surface area contributed by atoms with E-state index in [1.165, 1.54) is 6.07 Å². The van der Waals surface area contributed by atoms with Crippen molar-refractivity contribution < 1.29 is 13.2 Å². The Balaban J connectivity index is 2.27. The van der Waals surface area contributed by atoms with Crippen LogP contribution in [0.25, 0.3) is 0 Å². The van der Waals surface area contributed by atoms with Gasteiger partial charge in [-0.1, -0.05) is 18.9 Å². The van der Waals surface area contributed by atoms with E-state index in [1.54, 1.807) is 19.1 Å². The Labute approximate surface area is 123 Å². The highest BCUT2D eigenvalue weighted by atomic mass is 35.7. The normalized spacial score (nSPS) is 17.9. The summed E-state index contributed by atoms with van der Waals surface area (Å²) in [7, 11) is 1.54. The summed E-state index contributed by atoms with van der Waals surface area (Å²) in [6.45, 7) is 3.67. The number of nitrogens with one attached hydrogen (secondary N) is 1. The molecule has 1 fully saturated rings. The van der Waals surface area contributed by atoms with Crippen LogP contribution in [-0.2, 0) is 9.05 Å². The molecule has 2 rings (SSSR count). The zero-order chi connectivity index (χ0) is 15.0. The fraction of sp³-hybridized carbons (Fsp3) is 0.500. The van der Waals surface area contributed by atoms with Crippen molar-refractivity contribution >= 4 is 25.6 Å². The third-order valence-electron chi connectivity index (χ3n) is 3.84. The highest BCUT2D eigenvalue weighted by Gasteiger charge is 2.30. The average Bonchev–Trinajstić information content (AvgIpc) is 2.74. The second-order valence-corrected chi connectivity index (χ2v) is 8.17. The topological polar surface area (TPSA) is 63.2 Å². The van der Waals surface area contributed by atoms with Gasteiger partial charge < -0.3 is 5.32 Å². The van der Waals surface area contributed by atoms with Crippen LogP contribution in [0.2, 0.25) is 0 Å². The third-order valence-corrected chi connectivity index (χ3v) is 5.30. The minimum Gasteiger partial charge on any atom is -0.347 e. The molecule has 20 heavy (non-hydrogen) atoms. The number of rotatable bonds is 3. The van der Waals surface area contributed by atoms with E-state index in [1.807, 2.05) is 6.92 Å². The van der Waals surface area contributed by atoms with Crippen molar-refractivity contribution in [2.75, 3.05) is 0 Å². The van der Waals surface area contributed by atoms with Gasteiger partial charge in [0.05, 0.1) is 4.90 Å². The number of carbonyl (C=O) groups excluding carboxylic acids is 1. The van der Waals surface area contributed by atoms with E-state index < -0.39 is 9.05 Å². The Morgan fingerprint density at radius 2 is 1.90 bits per heavy atom. The van der Waals surface area contributed by atoms with Crippen molar-refractivity contribution in [1.82, 2.24) is 5.32 Å². The van der Waals surface area contributed by atoms with Crippen LogP contribution in [-0.4, -0.2) is 19.9 Å². The summed E-state index contributed by atoms with van der Waals surface area (Å²) in [6.07, 6.45) is 4.11. The van der Waals surface area contributed by atoms with Crippen LogP contribution in [0, 0.1) is 6.92 Å². The minimum absolute atomic E-state index is 0.0107. The standard InChI is InChI=1S/C14H18ClNO3S/c1-10-5-6-11(9-12(10)20(15,18)19)13(17)16-14(2)7-3-4-8-14/h5-6,9H,3-4,7-8H2,1-2H3,(H,16,17). The third kappa shape index (κ3) is 3.33. The highest BCUT2D eigenvalue weighted by Crippen LogP contribution is 2.29. The number of benzene rings is 1. The van der Waals surface area contributed by atoms with Crippen LogP contribution in [0.1, 0.15) is 48.5 Å². The molecule has 0 spiro atoms. The molecule has 1 aromatic carbocycles. The Morgan fingerprint density at radius 3 is 2.45 bits per heavy atom. The fourth-order valence-electron chi connectivity index (χ4n) is 2.63. The molecule has 1 aromatic rings. The summed E-state index contributed by atoms with van der Waals surface area (Å²) in [5, 5.41) is 2.99. The molecule has 0 atom stereocenters. The Kier molecular flexibility index (Phi) is 4.12. The lowest BCUT2D eigenvalue weighted by Crippen LogP contribution is -2.43. The second-order valence-electron chi connectivity index (χ2n) is 5.64. The number of carbonyl (C=O) groups is 1. The van der Waals surface area contributed by atoms with Crippen LogP contribution in [0.5, 0.6) is 0 Å². The minimum atomic E-state index is -3.84. The zero-order valence-electron chi connectivity index (χ0n) is 11.6. The first-order valence-corrected chi connectivity index (χ1v) is 8.90. The van der Waals surface area contributed by atoms with Crippen molar-refractivity contribution in [3.63, 3.8) is 0 Å². The largest absolute Gasteiger partial charge is 0.347 e. The van der Waals surface area contributed by atoms with E-state index >= 15 is 0 Å². The lowest BCUT2D eigenvalue weighted by Gasteiger charge is -2.25. The molecule has 0 bridgehead atoms. The maximum absolute atomic E-state index is 12.2. The molecule has 4 nitrogen and oxygen atoms in total. The van der Waals surface area contributed by atoms with Gasteiger partial charge >= 0.3 is 0 Å². The number of hydrogen-bond donors (Lipinski definition) is 1. The SMILES string of the molecule is Cc1ccc(C(=O)NC2(C)CCCC2)cc1S(=O)(=O)Cl. The van der Waals surface area contributed by atoms with E-state index in [0.717, 1.165) is 25.7 Å². The molecule has 0 aliphatic heterocycles. The van der Waals surface area contributed by atoms with Gasteiger partial charge in [-0.3, -0.25) is 4.79 Å². The molecule has 1 aliphatic carbocycles. The van der Waals surface area contributed by atoms with Gasteiger partial charge in [0.2, 0.25) is 0 Å². The summed E-state index contributed by atoms with van der Waals surface area (Å²) >= 11 is 0. The van der Waals surface area contributed by atoms with Crippen LogP contribution in [0.3, 0.4) is 0 Å². The molecular formula is C14H18ClNO3S. The van der Waals surface area contributed by atoms with Crippen molar-refractivity contribution in [1.29, 1.82) is 0 Å². The Morgan fingerprint density at radius 1 is 1.30 bits per heavy atom. The summed E-state index contributed by atoms with van der Waals surface area (Å²) in [5.41, 5.74) is 0.661. The summed E-state index contributed by atoms with van der Waals surface area (Å²) in [6, 6.07) is 4.56. The van der Waals surface area contributed by atoms with E-state index in [0.29, 0.717) is 11.1 Å². The second kappa shape index (κ2) is 5.37.